The molecule has 0 amide bonds. The molecule has 0 heterocycles. The van der Waals surface area contributed by atoms with Crippen molar-refractivity contribution in [3.8, 4) is 0 Å². The quantitative estimate of drug-likeness (QED) is 0.0169. The molecule has 0 aliphatic rings. The molecule has 0 aliphatic carbocycles. The summed E-state index contributed by atoms with van der Waals surface area (Å²) in [6.45, 7) is 4.89. The van der Waals surface area contributed by atoms with Gasteiger partial charge in [0, 0.05) is 25.7 Å². The zero-order valence-corrected chi connectivity index (χ0v) is 65.9. The molecule has 17 nitrogen and oxygen atoms in total. The number of carbonyl (C=O) groups excluding carboxylic acids is 4. The average molecular weight is 1460 g/mol. The van der Waals surface area contributed by atoms with Gasteiger partial charge in [-0.1, -0.05) is 320 Å². The summed E-state index contributed by atoms with van der Waals surface area (Å²) < 4.78 is 68.6. The summed E-state index contributed by atoms with van der Waals surface area (Å²) in [6.07, 6.45) is 72.2. The van der Waals surface area contributed by atoms with E-state index in [4.69, 9.17) is 37.0 Å². The summed E-state index contributed by atoms with van der Waals surface area (Å²) in [6, 6.07) is 0. The molecule has 3 N–H and O–H groups in total. The third kappa shape index (κ3) is 73.3. The molecule has 0 aliphatic heterocycles. The highest BCUT2D eigenvalue weighted by molar-refractivity contribution is 7.47. The molecule has 19 heteroatoms. The van der Waals surface area contributed by atoms with Crippen LogP contribution in [0.2, 0.25) is 0 Å². The Morgan fingerprint density at radius 3 is 0.760 bits per heavy atom. The first-order chi connectivity index (χ1) is 48.7. The maximum atomic E-state index is 13.1. The molecular weight excluding hydrogens is 1310 g/mol. The van der Waals surface area contributed by atoms with Crippen molar-refractivity contribution in [3.05, 3.63) is 48.6 Å². The normalized spacial score (nSPS) is 14.1. The van der Waals surface area contributed by atoms with Crippen molar-refractivity contribution in [2.24, 2.45) is 0 Å². The number of rotatable bonds is 78. The van der Waals surface area contributed by atoms with Crippen LogP contribution in [0.4, 0.5) is 0 Å². The fourth-order valence-electron chi connectivity index (χ4n) is 11.5. The lowest BCUT2D eigenvalue weighted by Gasteiger charge is -2.21. The van der Waals surface area contributed by atoms with Crippen LogP contribution >= 0.6 is 15.6 Å². The van der Waals surface area contributed by atoms with E-state index in [1.807, 2.05) is 0 Å². The van der Waals surface area contributed by atoms with Crippen molar-refractivity contribution < 1.29 is 80.2 Å². The largest absolute Gasteiger partial charge is 0.472 e. The Hall–Kier alpha value is -2.98. The lowest BCUT2D eigenvalue weighted by atomic mass is 10.0. The number of hydrogen-bond acceptors (Lipinski definition) is 15. The summed E-state index contributed by atoms with van der Waals surface area (Å²) in [5.41, 5.74) is 0. The van der Waals surface area contributed by atoms with Crippen LogP contribution in [0, 0.1) is 0 Å². The third-order valence-electron chi connectivity index (χ3n) is 17.8. The Kier molecular flexibility index (Phi) is 72.1. The van der Waals surface area contributed by atoms with E-state index in [1.165, 1.54) is 180 Å². The number of hydrogen-bond donors (Lipinski definition) is 3. The van der Waals surface area contributed by atoms with Gasteiger partial charge >= 0.3 is 39.5 Å². The van der Waals surface area contributed by atoms with Crippen molar-refractivity contribution in [3.63, 3.8) is 0 Å². The summed E-state index contributed by atoms with van der Waals surface area (Å²) in [4.78, 5) is 73.0. The van der Waals surface area contributed by atoms with Crippen LogP contribution in [-0.4, -0.2) is 96.7 Å². The first-order valence-corrected chi connectivity index (χ1v) is 43.9. The summed E-state index contributed by atoms with van der Waals surface area (Å²) >= 11 is 0. The zero-order chi connectivity index (χ0) is 73.2. The number of esters is 4. The smallest absolute Gasteiger partial charge is 0.462 e. The van der Waals surface area contributed by atoms with E-state index in [-0.39, 0.29) is 25.7 Å². The molecule has 0 aromatic rings. The van der Waals surface area contributed by atoms with E-state index < -0.39 is 97.5 Å². The van der Waals surface area contributed by atoms with Crippen LogP contribution in [0.1, 0.15) is 387 Å². The molecule has 0 radical (unpaired) electrons. The van der Waals surface area contributed by atoms with E-state index in [1.54, 1.807) is 0 Å². The van der Waals surface area contributed by atoms with Crippen molar-refractivity contribution in [2.75, 3.05) is 39.6 Å². The predicted octanol–water partition coefficient (Wildman–Crippen LogP) is 23.7. The number of ether oxygens (including phenoxy) is 4. The lowest BCUT2D eigenvalue weighted by molar-refractivity contribution is -0.161. The maximum Gasteiger partial charge on any atom is 0.472 e. The second-order valence-electron chi connectivity index (χ2n) is 27.7. The molecule has 2 unspecified atom stereocenters. The number of allylic oxidation sites excluding steroid dienone is 8. The molecule has 586 valence electrons. The number of carbonyl (C=O) groups is 4. The molecule has 0 saturated heterocycles. The summed E-state index contributed by atoms with van der Waals surface area (Å²) in [7, 11) is -9.94. The lowest BCUT2D eigenvalue weighted by Crippen LogP contribution is -2.30. The molecule has 0 aromatic carbocycles. The highest BCUT2D eigenvalue weighted by atomic mass is 31.2. The van der Waals surface area contributed by atoms with Gasteiger partial charge in [0.1, 0.15) is 19.3 Å². The summed E-state index contributed by atoms with van der Waals surface area (Å²) in [5, 5.41) is 10.6. The zero-order valence-electron chi connectivity index (χ0n) is 64.1. The minimum absolute atomic E-state index is 0.0850. The van der Waals surface area contributed by atoms with Gasteiger partial charge in [0.15, 0.2) is 12.2 Å². The minimum atomic E-state index is -4.97. The number of phosphoric ester groups is 2. The molecule has 0 rings (SSSR count). The van der Waals surface area contributed by atoms with Crippen LogP contribution in [0.25, 0.3) is 0 Å². The number of aliphatic hydroxyl groups excluding tert-OH is 1. The van der Waals surface area contributed by atoms with E-state index in [2.05, 4.69) is 76.3 Å². The van der Waals surface area contributed by atoms with Crippen LogP contribution in [-0.2, 0) is 65.4 Å². The highest BCUT2D eigenvalue weighted by Gasteiger charge is 2.30. The SMILES string of the molecule is CCCCC/C=C\C/C=C\CCCCCCCC(=O)O[C@H](COC(=O)CCCCCCCCCCCCCCC)COP(=O)(O)OC[C@@H](O)COP(=O)(O)OC[C@@H](COC(=O)CCCCCCCCCCCCCCCCCCC)OC(=O)CCCCCCC/C=C\C/C=C\CCCCC. The second kappa shape index (κ2) is 74.3. The molecule has 0 spiro atoms. The van der Waals surface area contributed by atoms with Gasteiger partial charge in [-0.15, -0.1) is 0 Å². The van der Waals surface area contributed by atoms with Crippen molar-refractivity contribution in [1.29, 1.82) is 0 Å². The van der Waals surface area contributed by atoms with Gasteiger partial charge in [0.25, 0.3) is 0 Å². The molecule has 0 aromatic heterocycles. The Balaban J connectivity index is 5.32. The van der Waals surface area contributed by atoms with Crippen molar-refractivity contribution in [1.82, 2.24) is 0 Å². The first kappa shape index (κ1) is 97.0. The van der Waals surface area contributed by atoms with Gasteiger partial charge in [-0.25, -0.2) is 9.13 Å². The van der Waals surface area contributed by atoms with Crippen molar-refractivity contribution >= 4 is 39.5 Å². The fraction of sp³-hybridized carbons (Fsp3) is 0.852. The van der Waals surface area contributed by atoms with Gasteiger partial charge in [-0.3, -0.25) is 37.3 Å². The van der Waals surface area contributed by atoms with Gasteiger partial charge in [-0.05, 0) is 89.9 Å². The maximum absolute atomic E-state index is 13.1. The topological polar surface area (TPSA) is 237 Å². The van der Waals surface area contributed by atoms with Crippen LogP contribution in [0.15, 0.2) is 48.6 Å². The molecule has 0 fully saturated rings. The Morgan fingerprint density at radius 2 is 0.490 bits per heavy atom. The molecular formula is C81H150O17P2. The number of unbranched alkanes of at least 4 members (excludes halogenated alkanes) is 44. The Labute approximate surface area is 610 Å². The molecule has 0 saturated carbocycles. The highest BCUT2D eigenvalue weighted by Crippen LogP contribution is 2.45. The Bertz CT molecular complexity index is 2080. The molecule has 5 atom stereocenters. The molecule has 100 heavy (non-hydrogen) atoms. The first-order valence-electron chi connectivity index (χ1n) is 40.9. The second-order valence-corrected chi connectivity index (χ2v) is 30.6. The minimum Gasteiger partial charge on any atom is -0.462 e. The van der Waals surface area contributed by atoms with Crippen LogP contribution in [0.3, 0.4) is 0 Å². The van der Waals surface area contributed by atoms with Crippen molar-refractivity contribution in [2.45, 2.75) is 406 Å². The fourth-order valence-corrected chi connectivity index (χ4v) is 13.1. The van der Waals surface area contributed by atoms with Gasteiger partial charge < -0.3 is 33.8 Å². The van der Waals surface area contributed by atoms with E-state index >= 15 is 0 Å². The average Bonchev–Trinajstić information content (AvgIpc) is 1.10. The van der Waals surface area contributed by atoms with E-state index in [0.29, 0.717) is 25.7 Å². The Morgan fingerprint density at radius 1 is 0.280 bits per heavy atom. The van der Waals surface area contributed by atoms with Gasteiger partial charge in [0.05, 0.1) is 26.4 Å². The van der Waals surface area contributed by atoms with Crippen LogP contribution in [0.5, 0.6) is 0 Å². The molecule has 0 bridgehead atoms. The van der Waals surface area contributed by atoms with Gasteiger partial charge in [-0.2, -0.15) is 0 Å². The van der Waals surface area contributed by atoms with E-state index in [0.717, 1.165) is 128 Å². The number of aliphatic hydroxyl groups is 1. The van der Waals surface area contributed by atoms with E-state index in [9.17, 15) is 43.2 Å². The predicted molar refractivity (Wildman–Crippen MR) is 409 cm³/mol. The third-order valence-corrected chi connectivity index (χ3v) is 19.7. The summed E-state index contributed by atoms with van der Waals surface area (Å²) in [5.74, 6) is -2.16. The van der Waals surface area contributed by atoms with Gasteiger partial charge in [0.2, 0.25) is 0 Å². The number of phosphoric acid groups is 2. The monoisotopic (exact) mass is 1460 g/mol. The standard InChI is InChI=1S/C81H150O17P2/c1-5-9-13-17-21-25-29-33-36-37-40-42-46-50-54-58-62-66-79(84)92-72-77(98-81(86)68-64-60-56-52-48-44-39-35-31-27-23-19-15-11-7-3)74-96-100(89,90)94-70-75(82)69-93-99(87,88)95-73-76(71-91-78(83)65-61-57-53-49-45-41-32-28-24-20-16-12-8-4)97-80(85)67-63-59-55-51-47-43-38-34-30-26-22-18-14-10-6-2/h22-23,26-27,34-35,38-39,75-77,82H,5-21,24-25,28-33,36-37,40-74H2,1-4H3,(H,87,88)(H,89,90)/b26-22-,27-23-,38-34-,39-35-/t75-,76-,77-/m1/s1. The van der Waals surface area contributed by atoms with Crippen LogP contribution < -0.4 is 0 Å².